The summed E-state index contributed by atoms with van der Waals surface area (Å²) in [4.78, 5) is 2.47. The number of nitrogens with zero attached hydrogens (tertiary/aromatic N) is 1. The lowest BCUT2D eigenvalue weighted by Crippen LogP contribution is -2.17. The number of nitrogens with one attached hydrogen (secondary N) is 1. The number of likely N-dealkylation sites (tertiary alicyclic amines) is 1. The second kappa shape index (κ2) is 6.22. The van der Waals surface area contributed by atoms with Gasteiger partial charge in [-0.15, -0.1) is 0 Å². The highest BCUT2D eigenvalue weighted by atomic mass is 16.3. The van der Waals surface area contributed by atoms with Crippen LogP contribution in [0.2, 0.25) is 0 Å². The third kappa shape index (κ3) is 3.58. The van der Waals surface area contributed by atoms with Crippen molar-refractivity contribution in [3.8, 4) is 0 Å². The van der Waals surface area contributed by atoms with Gasteiger partial charge in [0.2, 0.25) is 0 Å². The molecule has 0 unspecified atom stereocenters. The Balaban J connectivity index is 1.88. The van der Waals surface area contributed by atoms with E-state index in [0.29, 0.717) is 0 Å². The van der Waals surface area contributed by atoms with Gasteiger partial charge < -0.3 is 9.73 Å². The van der Waals surface area contributed by atoms with E-state index >= 15 is 0 Å². The van der Waals surface area contributed by atoms with Crippen molar-refractivity contribution in [2.75, 3.05) is 19.6 Å². The quantitative estimate of drug-likeness (QED) is 0.770. The van der Waals surface area contributed by atoms with Crippen molar-refractivity contribution in [1.29, 1.82) is 0 Å². The van der Waals surface area contributed by atoms with E-state index in [-0.39, 0.29) is 0 Å². The minimum atomic E-state index is 0.861. The Bertz CT molecular complexity index is 340. The fraction of sp³-hybridized carbons (Fsp3) is 0.714. The average Bonchev–Trinajstić information content (AvgIpc) is 2.91. The smallest absolute Gasteiger partial charge is 0.120 e. The molecule has 1 aromatic heterocycles. The van der Waals surface area contributed by atoms with Crippen molar-refractivity contribution in [2.45, 2.75) is 46.2 Å². The Morgan fingerprint density at radius 2 is 2.12 bits per heavy atom. The van der Waals surface area contributed by atoms with Crippen LogP contribution in [-0.2, 0) is 13.1 Å². The summed E-state index contributed by atoms with van der Waals surface area (Å²) < 4.78 is 5.92. The van der Waals surface area contributed by atoms with Crippen LogP contribution in [0, 0.1) is 6.92 Å². The highest BCUT2D eigenvalue weighted by Crippen LogP contribution is 2.18. The lowest BCUT2D eigenvalue weighted by molar-refractivity contribution is 0.291. The molecule has 0 spiro atoms. The van der Waals surface area contributed by atoms with Gasteiger partial charge in [0.15, 0.2) is 0 Å². The zero-order valence-corrected chi connectivity index (χ0v) is 11.1. The molecule has 0 bridgehead atoms. The first-order valence-corrected chi connectivity index (χ1v) is 6.81. The van der Waals surface area contributed by atoms with E-state index in [2.05, 4.69) is 30.1 Å². The summed E-state index contributed by atoms with van der Waals surface area (Å²) in [6, 6.07) is 2.20. The van der Waals surface area contributed by atoms with E-state index in [1.807, 2.05) is 0 Å². The van der Waals surface area contributed by atoms with Crippen molar-refractivity contribution < 1.29 is 4.42 Å². The molecule has 0 aliphatic carbocycles. The molecule has 0 amide bonds. The molecule has 2 heterocycles. The molecule has 3 heteroatoms. The van der Waals surface area contributed by atoms with Crippen LogP contribution < -0.4 is 5.32 Å². The van der Waals surface area contributed by atoms with Crippen LogP contribution in [0.15, 0.2) is 10.5 Å². The number of hydrogen-bond donors (Lipinski definition) is 1. The lowest BCUT2D eigenvalue weighted by atomic mass is 10.2. The summed E-state index contributed by atoms with van der Waals surface area (Å²) in [5.41, 5.74) is 1.28. The Hall–Kier alpha value is -0.800. The van der Waals surface area contributed by atoms with Crippen LogP contribution in [0.5, 0.6) is 0 Å². The maximum atomic E-state index is 5.92. The second-order valence-electron chi connectivity index (χ2n) is 4.98. The Morgan fingerprint density at radius 1 is 1.35 bits per heavy atom. The normalized spacial score (nSPS) is 16.8. The monoisotopic (exact) mass is 236 g/mol. The fourth-order valence-electron chi connectivity index (χ4n) is 2.38. The Labute approximate surface area is 104 Å². The van der Waals surface area contributed by atoms with Crippen molar-refractivity contribution in [3.05, 3.63) is 23.2 Å². The van der Waals surface area contributed by atoms with Crippen LogP contribution in [0.3, 0.4) is 0 Å². The third-order valence-electron chi connectivity index (χ3n) is 3.36. The molecule has 1 aromatic rings. The van der Waals surface area contributed by atoms with E-state index in [0.717, 1.165) is 31.2 Å². The Morgan fingerprint density at radius 3 is 2.82 bits per heavy atom. The molecule has 0 atom stereocenters. The molecule has 1 N–H and O–H groups in total. The van der Waals surface area contributed by atoms with Gasteiger partial charge in [-0.2, -0.15) is 0 Å². The topological polar surface area (TPSA) is 28.4 Å². The van der Waals surface area contributed by atoms with E-state index < -0.39 is 0 Å². The van der Waals surface area contributed by atoms with E-state index in [1.165, 1.54) is 37.9 Å². The number of aryl methyl sites for hydroxylation is 1. The lowest BCUT2D eigenvalue weighted by Gasteiger charge is -2.11. The first-order chi connectivity index (χ1) is 8.29. The van der Waals surface area contributed by atoms with Crippen molar-refractivity contribution >= 4 is 0 Å². The predicted octanol–water partition coefficient (Wildman–Crippen LogP) is 2.68. The van der Waals surface area contributed by atoms with Crippen LogP contribution in [0.1, 0.15) is 43.3 Å². The zero-order chi connectivity index (χ0) is 12.1. The third-order valence-corrected chi connectivity index (χ3v) is 3.36. The van der Waals surface area contributed by atoms with Crippen molar-refractivity contribution in [3.63, 3.8) is 0 Å². The molecule has 17 heavy (non-hydrogen) atoms. The van der Waals surface area contributed by atoms with Crippen LogP contribution >= 0.6 is 0 Å². The first kappa shape index (κ1) is 12.7. The minimum Gasteiger partial charge on any atom is -0.463 e. The van der Waals surface area contributed by atoms with Crippen LogP contribution in [0.4, 0.5) is 0 Å². The highest BCUT2D eigenvalue weighted by molar-refractivity contribution is 5.20. The zero-order valence-electron chi connectivity index (χ0n) is 11.1. The maximum absolute atomic E-state index is 5.92. The Kier molecular flexibility index (Phi) is 4.63. The largest absolute Gasteiger partial charge is 0.463 e. The molecule has 0 aromatic carbocycles. The van der Waals surface area contributed by atoms with Gasteiger partial charge in [-0.25, -0.2) is 0 Å². The van der Waals surface area contributed by atoms with E-state index in [9.17, 15) is 0 Å². The number of rotatable bonds is 6. The molecular formula is C14H24N2O. The molecule has 0 radical (unpaired) electrons. The molecule has 1 fully saturated rings. The molecule has 1 saturated heterocycles. The van der Waals surface area contributed by atoms with Crippen LogP contribution in [-0.4, -0.2) is 24.5 Å². The summed E-state index contributed by atoms with van der Waals surface area (Å²) in [7, 11) is 0. The van der Waals surface area contributed by atoms with Gasteiger partial charge in [0, 0.05) is 0 Å². The fourth-order valence-corrected chi connectivity index (χ4v) is 2.38. The summed E-state index contributed by atoms with van der Waals surface area (Å²) in [5.74, 6) is 2.23. The van der Waals surface area contributed by atoms with Gasteiger partial charge >= 0.3 is 0 Å². The molecule has 2 rings (SSSR count). The van der Waals surface area contributed by atoms with Gasteiger partial charge in [0.05, 0.1) is 13.1 Å². The molecule has 3 nitrogen and oxygen atoms in total. The van der Waals surface area contributed by atoms with Gasteiger partial charge in [-0.1, -0.05) is 6.92 Å². The van der Waals surface area contributed by atoms with E-state index in [4.69, 9.17) is 4.42 Å². The maximum Gasteiger partial charge on any atom is 0.120 e. The molecule has 0 saturated carbocycles. The standard InChI is InChI=1S/C14H24N2O/c1-3-6-15-10-14-12(2)9-13(17-14)11-16-7-4-5-8-16/h9,15H,3-8,10-11H2,1-2H3. The van der Waals surface area contributed by atoms with Crippen molar-refractivity contribution in [2.24, 2.45) is 0 Å². The first-order valence-electron chi connectivity index (χ1n) is 6.81. The highest BCUT2D eigenvalue weighted by Gasteiger charge is 2.15. The summed E-state index contributed by atoms with van der Waals surface area (Å²) in [6.07, 6.45) is 3.84. The molecular weight excluding hydrogens is 212 g/mol. The summed E-state index contributed by atoms with van der Waals surface area (Å²) in [6.45, 7) is 9.67. The summed E-state index contributed by atoms with van der Waals surface area (Å²) >= 11 is 0. The van der Waals surface area contributed by atoms with E-state index in [1.54, 1.807) is 0 Å². The predicted molar refractivity (Wildman–Crippen MR) is 70.0 cm³/mol. The summed E-state index contributed by atoms with van der Waals surface area (Å²) in [5, 5.41) is 3.39. The second-order valence-corrected chi connectivity index (χ2v) is 4.98. The van der Waals surface area contributed by atoms with Gasteiger partial charge in [-0.05, 0) is 57.5 Å². The molecule has 96 valence electrons. The number of hydrogen-bond acceptors (Lipinski definition) is 3. The molecule has 1 aliphatic heterocycles. The van der Waals surface area contributed by atoms with Gasteiger partial charge in [-0.3, -0.25) is 4.90 Å². The average molecular weight is 236 g/mol. The van der Waals surface area contributed by atoms with Gasteiger partial charge in [0.25, 0.3) is 0 Å². The number of furan rings is 1. The minimum absolute atomic E-state index is 0.861. The molecule has 1 aliphatic rings. The van der Waals surface area contributed by atoms with Crippen molar-refractivity contribution in [1.82, 2.24) is 10.2 Å². The SMILES string of the molecule is CCCNCc1oc(CN2CCCC2)cc1C. The van der Waals surface area contributed by atoms with Gasteiger partial charge in [0.1, 0.15) is 11.5 Å². The van der Waals surface area contributed by atoms with Crippen LogP contribution in [0.25, 0.3) is 0 Å².